The fourth-order valence-electron chi connectivity index (χ4n) is 4.92. The van der Waals surface area contributed by atoms with Crippen molar-refractivity contribution in [3.05, 3.63) is 101 Å². The van der Waals surface area contributed by atoms with E-state index in [-0.39, 0.29) is 18.2 Å². The molecule has 4 rings (SSSR count). The Morgan fingerprint density at radius 2 is 1.71 bits per heavy atom. The van der Waals surface area contributed by atoms with Gasteiger partial charge in [-0.05, 0) is 68.1 Å². The summed E-state index contributed by atoms with van der Waals surface area (Å²) in [7, 11) is 0. The minimum Gasteiger partial charge on any atom is -0.381 e. The van der Waals surface area contributed by atoms with Gasteiger partial charge in [0.2, 0.25) is 5.91 Å². The number of carbonyl (C=O) groups is 3. The summed E-state index contributed by atoms with van der Waals surface area (Å²) < 4.78 is -0.597. The maximum atomic E-state index is 13.8. The fourth-order valence-corrected chi connectivity index (χ4v) is 6.06. The van der Waals surface area contributed by atoms with Crippen LogP contribution in [0.4, 0.5) is 10.5 Å². The zero-order chi connectivity index (χ0) is 30.3. The molecule has 42 heavy (non-hydrogen) atoms. The van der Waals surface area contributed by atoms with Crippen LogP contribution in [-0.4, -0.2) is 56.7 Å². The lowest BCUT2D eigenvalue weighted by Gasteiger charge is -2.33. The average molecular weight is 586 g/mol. The van der Waals surface area contributed by atoms with Crippen molar-refractivity contribution >= 4 is 35.3 Å². The van der Waals surface area contributed by atoms with Crippen molar-refractivity contribution in [2.45, 2.75) is 56.7 Å². The number of nitriles is 1. The van der Waals surface area contributed by atoms with Crippen LogP contribution in [0.2, 0.25) is 0 Å². The quantitative estimate of drug-likeness (QED) is 0.300. The largest absolute Gasteiger partial charge is 0.381 e. The number of hydrogen-bond acceptors (Lipinski definition) is 6. The summed E-state index contributed by atoms with van der Waals surface area (Å²) in [5.41, 5.74) is 3.75. The van der Waals surface area contributed by atoms with E-state index < -0.39 is 34.9 Å². The molecule has 1 saturated heterocycles. The van der Waals surface area contributed by atoms with E-state index in [9.17, 15) is 19.5 Å². The van der Waals surface area contributed by atoms with Crippen LogP contribution in [0.1, 0.15) is 36.1 Å². The van der Waals surface area contributed by atoms with Crippen LogP contribution in [0.15, 0.2) is 78.9 Å². The van der Waals surface area contributed by atoms with Gasteiger partial charge in [0.25, 0.3) is 5.91 Å². The van der Waals surface area contributed by atoms with Gasteiger partial charge in [-0.3, -0.25) is 9.59 Å². The van der Waals surface area contributed by atoms with E-state index in [0.717, 1.165) is 16.7 Å². The average Bonchev–Trinajstić information content (AvgIpc) is 3.31. The van der Waals surface area contributed by atoms with Crippen molar-refractivity contribution in [1.82, 2.24) is 15.5 Å². The van der Waals surface area contributed by atoms with Gasteiger partial charge in [0, 0.05) is 17.0 Å². The van der Waals surface area contributed by atoms with E-state index in [2.05, 4.69) is 16.0 Å². The molecular weight excluding hydrogens is 550 g/mol. The van der Waals surface area contributed by atoms with Crippen LogP contribution in [-0.2, 0) is 22.6 Å². The highest BCUT2D eigenvalue weighted by molar-refractivity contribution is 8.00. The normalized spacial score (nSPS) is 17.0. The number of hydrogen-bond donors (Lipinski definition) is 4. The van der Waals surface area contributed by atoms with Gasteiger partial charge in [0.15, 0.2) is 6.10 Å². The number of aliphatic hydroxyl groups excluding tert-OH is 1. The number of aryl methyl sites for hydroxylation is 1. The number of anilines is 1. The second kappa shape index (κ2) is 13.6. The molecule has 0 aromatic heterocycles. The first-order chi connectivity index (χ1) is 20.1. The molecule has 4 amide bonds. The standard InChI is InChI=1S/C32H35N5O4S/c1-21-9-7-8-12-24(21)19-34-29(39)28-32(2,3)42-20-37(28)30(40)27(38)26(17-22-10-5-4-6-11-22)36-31(41)35-25-15-13-23(18-33)14-16-25/h4-16,26-28,38H,17,19-20H2,1-3H3,(H,34,39)(H2,35,36,41)/t26-,27-,28+/m0/s1. The van der Waals surface area contributed by atoms with E-state index in [4.69, 9.17) is 5.26 Å². The summed E-state index contributed by atoms with van der Waals surface area (Å²) in [5, 5.41) is 28.8. The highest BCUT2D eigenvalue weighted by Gasteiger charge is 2.49. The molecule has 0 saturated carbocycles. The monoisotopic (exact) mass is 585 g/mol. The summed E-state index contributed by atoms with van der Waals surface area (Å²) in [6.45, 7) is 6.10. The number of nitrogens with one attached hydrogen (secondary N) is 3. The number of urea groups is 1. The number of thioether (sulfide) groups is 1. The molecule has 0 bridgehead atoms. The van der Waals surface area contributed by atoms with Crippen molar-refractivity contribution in [3.8, 4) is 6.07 Å². The van der Waals surface area contributed by atoms with Gasteiger partial charge in [-0.1, -0.05) is 54.6 Å². The Morgan fingerprint density at radius 1 is 1.05 bits per heavy atom. The van der Waals surface area contributed by atoms with E-state index >= 15 is 0 Å². The number of benzene rings is 3. The van der Waals surface area contributed by atoms with Gasteiger partial charge in [0.1, 0.15) is 6.04 Å². The molecule has 10 heteroatoms. The molecule has 0 radical (unpaired) electrons. The summed E-state index contributed by atoms with van der Waals surface area (Å²) in [4.78, 5) is 41.6. The maximum Gasteiger partial charge on any atom is 0.319 e. The molecular formula is C32H35N5O4S. The molecule has 3 aromatic carbocycles. The van der Waals surface area contributed by atoms with Crippen molar-refractivity contribution in [1.29, 1.82) is 5.26 Å². The number of rotatable bonds is 9. The molecule has 1 aliphatic heterocycles. The third kappa shape index (κ3) is 7.49. The molecule has 3 aromatic rings. The Kier molecular flexibility index (Phi) is 9.88. The van der Waals surface area contributed by atoms with Gasteiger partial charge in [0.05, 0.1) is 23.6 Å². The number of amides is 4. The number of aliphatic hydroxyl groups is 1. The van der Waals surface area contributed by atoms with Gasteiger partial charge >= 0.3 is 6.03 Å². The lowest BCUT2D eigenvalue weighted by Crippen LogP contribution is -2.59. The van der Waals surface area contributed by atoms with Gasteiger partial charge in [-0.15, -0.1) is 11.8 Å². The Bertz CT molecular complexity index is 1460. The van der Waals surface area contributed by atoms with Crippen LogP contribution in [0.25, 0.3) is 0 Å². The molecule has 9 nitrogen and oxygen atoms in total. The van der Waals surface area contributed by atoms with Crippen molar-refractivity contribution in [3.63, 3.8) is 0 Å². The minimum absolute atomic E-state index is 0.184. The van der Waals surface area contributed by atoms with Gasteiger partial charge < -0.3 is 26.0 Å². The number of nitrogens with zero attached hydrogens (tertiary/aromatic N) is 2. The summed E-state index contributed by atoms with van der Waals surface area (Å²) in [6, 6.07) is 22.9. The zero-order valence-corrected chi connectivity index (χ0v) is 24.7. The highest BCUT2D eigenvalue weighted by atomic mass is 32.2. The van der Waals surface area contributed by atoms with E-state index in [0.29, 0.717) is 17.8 Å². The zero-order valence-electron chi connectivity index (χ0n) is 23.8. The van der Waals surface area contributed by atoms with Crippen LogP contribution >= 0.6 is 11.8 Å². The Balaban J connectivity index is 1.50. The van der Waals surface area contributed by atoms with Crippen molar-refractivity contribution in [2.24, 2.45) is 0 Å². The molecule has 4 N–H and O–H groups in total. The fraction of sp³-hybridized carbons (Fsp3) is 0.312. The molecule has 1 heterocycles. The van der Waals surface area contributed by atoms with Crippen LogP contribution < -0.4 is 16.0 Å². The van der Waals surface area contributed by atoms with Crippen molar-refractivity contribution in [2.75, 3.05) is 11.2 Å². The smallest absolute Gasteiger partial charge is 0.319 e. The number of carbonyl (C=O) groups excluding carboxylic acids is 3. The highest BCUT2D eigenvalue weighted by Crippen LogP contribution is 2.40. The minimum atomic E-state index is -1.61. The second-order valence-electron chi connectivity index (χ2n) is 10.8. The molecule has 0 spiro atoms. The molecule has 0 unspecified atom stereocenters. The van der Waals surface area contributed by atoms with Crippen LogP contribution in [0.3, 0.4) is 0 Å². The summed E-state index contributed by atoms with van der Waals surface area (Å²) >= 11 is 1.46. The lowest BCUT2D eigenvalue weighted by molar-refractivity contribution is -0.147. The maximum absolute atomic E-state index is 13.8. The van der Waals surface area contributed by atoms with E-state index in [1.165, 1.54) is 16.7 Å². The SMILES string of the molecule is Cc1ccccc1CNC(=O)[C@H]1N(C(=O)[C@@H](O)[C@H](Cc2ccccc2)NC(=O)Nc2ccc(C#N)cc2)CSC1(C)C. The summed E-state index contributed by atoms with van der Waals surface area (Å²) in [5.74, 6) is -0.718. The molecule has 218 valence electrons. The Morgan fingerprint density at radius 3 is 2.38 bits per heavy atom. The first-order valence-corrected chi connectivity index (χ1v) is 14.6. The molecule has 1 fully saturated rings. The Hall–Kier alpha value is -4.33. The predicted octanol–water partition coefficient (Wildman–Crippen LogP) is 3.96. The third-order valence-electron chi connectivity index (χ3n) is 7.31. The third-order valence-corrected chi connectivity index (χ3v) is 8.69. The van der Waals surface area contributed by atoms with Gasteiger partial charge in [-0.2, -0.15) is 5.26 Å². The molecule has 3 atom stereocenters. The first-order valence-electron chi connectivity index (χ1n) is 13.7. The molecule has 0 aliphatic carbocycles. The molecule has 1 aliphatic rings. The van der Waals surface area contributed by atoms with E-state index in [1.807, 2.05) is 81.4 Å². The second-order valence-corrected chi connectivity index (χ2v) is 12.4. The topological polar surface area (TPSA) is 135 Å². The lowest BCUT2D eigenvalue weighted by atomic mass is 9.97. The van der Waals surface area contributed by atoms with Crippen LogP contribution in [0, 0.1) is 18.3 Å². The Labute approximate surface area is 250 Å². The van der Waals surface area contributed by atoms with Gasteiger partial charge in [-0.25, -0.2) is 4.79 Å². The van der Waals surface area contributed by atoms with Crippen LogP contribution in [0.5, 0.6) is 0 Å². The first kappa shape index (κ1) is 30.6. The van der Waals surface area contributed by atoms with Crippen molar-refractivity contribution < 1.29 is 19.5 Å². The summed E-state index contributed by atoms with van der Waals surface area (Å²) in [6.07, 6.45) is -1.43. The predicted molar refractivity (Wildman–Crippen MR) is 163 cm³/mol. The van der Waals surface area contributed by atoms with E-state index in [1.54, 1.807) is 24.3 Å².